The average molecular weight is 516 g/mol. The SMILES string of the molecule is CCSC(=O)O/N=C(\CCSc1ccc(Cl)cc1)C(=O)c1ccc(Sc2ccccc2)cc1. The maximum absolute atomic E-state index is 13.1. The summed E-state index contributed by atoms with van der Waals surface area (Å²) in [6.45, 7) is 1.85. The molecule has 0 unspecified atom stereocenters. The van der Waals surface area contributed by atoms with E-state index < -0.39 is 5.30 Å². The molecule has 0 N–H and O–H groups in total. The third kappa shape index (κ3) is 8.59. The summed E-state index contributed by atoms with van der Waals surface area (Å²) in [4.78, 5) is 33.0. The number of rotatable bonds is 10. The lowest BCUT2D eigenvalue weighted by Gasteiger charge is -2.07. The van der Waals surface area contributed by atoms with Crippen molar-refractivity contribution in [2.75, 3.05) is 11.5 Å². The third-order valence-electron chi connectivity index (χ3n) is 4.27. The predicted molar refractivity (Wildman–Crippen MR) is 140 cm³/mol. The van der Waals surface area contributed by atoms with Gasteiger partial charge in [0, 0.05) is 43.2 Å². The summed E-state index contributed by atoms with van der Waals surface area (Å²) < 4.78 is 0. The largest absolute Gasteiger partial charge is 0.393 e. The Labute approximate surface area is 211 Å². The number of benzene rings is 3. The van der Waals surface area contributed by atoms with E-state index in [1.165, 1.54) is 0 Å². The molecule has 3 rings (SSSR count). The number of carbonyl (C=O) groups excluding carboxylic acids is 2. The standard InChI is InChI=1S/C25H22ClNO3S3/c1-2-31-25(29)30-27-23(16-17-32-20-14-10-19(26)11-15-20)24(28)18-8-12-22(13-9-18)33-21-6-4-3-5-7-21/h3-15H,2,16-17H2,1H3/b27-23+. The van der Waals surface area contributed by atoms with E-state index in [2.05, 4.69) is 5.16 Å². The predicted octanol–water partition coefficient (Wildman–Crippen LogP) is 8.10. The summed E-state index contributed by atoms with van der Waals surface area (Å²) >= 11 is 10.1. The van der Waals surface area contributed by atoms with E-state index >= 15 is 0 Å². The molecule has 8 heteroatoms. The molecule has 0 aliphatic carbocycles. The zero-order valence-corrected chi connectivity index (χ0v) is 21.1. The molecule has 3 aromatic carbocycles. The number of ketones is 1. The molecule has 3 aromatic rings. The first-order valence-corrected chi connectivity index (χ1v) is 13.4. The first-order valence-electron chi connectivity index (χ1n) is 10.2. The van der Waals surface area contributed by atoms with Gasteiger partial charge in [-0.1, -0.05) is 53.6 Å². The highest BCUT2D eigenvalue weighted by molar-refractivity contribution is 8.13. The molecule has 0 fully saturated rings. The van der Waals surface area contributed by atoms with Gasteiger partial charge >= 0.3 is 5.30 Å². The lowest BCUT2D eigenvalue weighted by molar-refractivity contribution is 0.105. The Morgan fingerprint density at radius 2 is 1.52 bits per heavy atom. The van der Waals surface area contributed by atoms with Crippen LogP contribution in [0.2, 0.25) is 5.02 Å². The van der Waals surface area contributed by atoms with Crippen LogP contribution in [-0.4, -0.2) is 28.3 Å². The second-order valence-corrected chi connectivity index (χ2v) is 10.6. The Hall–Kier alpha value is -2.19. The summed E-state index contributed by atoms with van der Waals surface area (Å²) in [6, 6.07) is 24.9. The Bertz CT molecular complexity index is 1090. The van der Waals surface area contributed by atoms with Crippen LogP contribution in [-0.2, 0) is 4.84 Å². The van der Waals surface area contributed by atoms with E-state index in [0.717, 1.165) is 26.4 Å². The molecule has 0 heterocycles. The zero-order valence-electron chi connectivity index (χ0n) is 17.9. The normalized spacial score (nSPS) is 11.3. The Morgan fingerprint density at radius 1 is 0.879 bits per heavy atom. The van der Waals surface area contributed by atoms with E-state index in [4.69, 9.17) is 16.4 Å². The molecule has 0 saturated heterocycles. The zero-order chi connectivity index (χ0) is 23.5. The molecular weight excluding hydrogens is 494 g/mol. The van der Waals surface area contributed by atoms with Crippen LogP contribution in [0.1, 0.15) is 23.7 Å². The summed E-state index contributed by atoms with van der Waals surface area (Å²) in [6.07, 6.45) is 0.358. The smallest absolute Gasteiger partial charge is 0.307 e. The average Bonchev–Trinajstić information content (AvgIpc) is 2.83. The number of thioether (sulfide) groups is 2. The molecule has 0 aliphatic rings. The molecule has 0 amide bonds. The molecular formula is C25H22ClNO3S3. The summed E-state index contributed by atoms with van der Waals surface area (Å²) in [5.74, 6) is 0.925. The minimum atomic E-state index is -0.525. The number of nitrogens with zero attached hydrogens (tertiary/aromatic N) is 1. The molecule has 4 nitrogen and oxygen atoms in total. The number of halogens is 1. The van der Waals surface area contributed by atoms with Crippen LogP contribution in [0.25, 0.3) is 0 Å². The van der Waals surface area contributed by atoms with Crippen LogP contribution in [0, 0.1) is 0 Å². The van der Waals surface area contributed by atoms with Crippen LogP contribution >= 0.6 is 46.9 Å². The Balaban J connectivity index is 1.68. The Morgan fingerprint density at radius 3 is 2.18 bits per heavy atom. The Kier molecular flexibility index (Phi) is 10.4. The summed E-state index contributed by atoms with van der Waals surface area (Å²) in [5, 5.41) is 4.06. The molecule has 0 bridgehead atoms. The molecule has 0 radical (unpaired) electrons. The minimum absolute atomic E-state index is 0.213. The van der Waals surface area contributed by atoms with Crippen molar-refractivity contribution >= 4 is 63.7 Å². The maximum atomic E-state index is 13.1. The van der Waals surface area contributed by atoms with Crippen LogP contribution in [0.15, 0.2) is 98.7 Å². The summed E-state index contributed by atoms with van der Waals surface area (Å²) in [5.41, 5.74) is 0.715. The molecule has 0 saturated carbocycles. The van der Waals surface area contributed by atoms with Crippen molar-refractivity contribution < 1.29 is 14.4 Å². The number of hydrogen-bond acceptors (Lipinski definition) is 7. The van der Waals surface area contributed by atoms with Gasteiger partial charge in [-0.3, -0.25) is 4.79 Å². The monoisotopic (exact) mass is 515 g/mol. The van der Waals surface area contributed by atoms with Crippen molar-refractivity contribution in [3.05, 3.63) is 89.4 Å². The van der Waals surface area contributed by atoms with Crippen LogP contribution in [0.5, 0.6) is 0 Å². The van der Waals surface area contributed by atoms with Crippen LogP contribution in [0.3, 0.4) is 0 Å². The van der Waals surface area contributed by atoms with Crippen molar-refractivity contribution in [3.8, 4) is 0 Å². The van der Waals surface area contributed by atoms with Crippen molar-refractivity contribution in [3.63, 3.8) is 0 Å². The fourth-order valence-corrected chi connectivity index (χ4v) is 4.85. The van der Waals surface area contributed by atoms with Crippen LogP contribution < -0.4 is 0 Å². The van der Waals surface area contributed by atoms with Crippen molar-refractivity contribution in [2.24, 2.45) is 5.16 Å². The van der Waals surface area contributed by atoms with E-state index in [-0.39, 0.29) is 11.5 Å². The number of oxime groups is 1. The first kappa shape index (κ1) is 25.4. The quantitative estimate of drug-likeness (QED) is 0.0893. The lowest BCUT2D eigenvalue weighted by atomic mass is 10.1. The highest BCUT2D eigenvalue weighted by Gasteiger charge is 2.17. The van der Waals surface area contributed by atoms with Gasteiger partial charge in [-0.05, 0) is 72.4 Å². The van der Waals surface area contributed by atoms with Crippen molar-refractivity contribution in [1.29, 1.82) is 0 Å². The fourth-order valence-electron chi connectivity index (χ4n) is 2.70. The lowest BCUT2D eigenvalue weighted by Crippen LogP contribution is -2.16. The first-order chi connectivity index (χ1) is 16.0. The second kappa shape index (κ2) is 13.5. The molecule has 33 heavy (non-hydrogen) atoms. The fraction of sp³-hybridized carbons (Fsp3) is 0.160. The molecule has 0 aliphatic heterocycles. The van der Waals surface area contributed by atoms with Gasteiger partial charge in [0.15, 0.2) is 0 Å². The number of hydrogen-bond donors (Lipinski definition) is 0. The molecule has 170 valence electrons. The topological polar surface area (TPSA) is 55.7 Å². The van der Waals surface area contributed by atoms with E-state index in [0.29, 0.717) is 28.5 Å². The van der Waals surface area contributed by atoms with Crippen molar-refractivity contribution in [2.45, 2.75) is 28.0 Å². The van der Waals surface area contributed by atoms with Gasteiger partial charge in [-0.15, -0.1) is 11.8 Å². The van der Waals surface area contributed by atoms with E-state index in [1.807, 2.05) is 73.7 Å². The minimum Gasteiger partial charge on any atom is -0.307 e. The number of Topliss-reactive ketones (excluding diaryl/α,β-unsaturated/α-hetero) is 1. The van der Waals surface area contributed by atoms with Gasteiger partial charge < -0.3 is 4.84 Å². The molecule has 0 aromatic heterocycles. The van der Waals surface area contributed by atoms with Gasteiger partial charge in [-0.2, -0.15) is 0 Å². The van der Waals surface area contributed by atoms with Gasteiger partial charge in [0.05, 0.1) is 0 Å². The van der Waals surface area contributed by atoms with Gasteiger partial charge in [0.1, 0.15) is 5.71 Å². The van der Waals surface area contributed by atoms with E-state index in [9.17, 15) is 9.59 Å². The molecule has 0 atom stereocenters. The van der Waals surface area contributed by atoms with E-state index in [1.54, 1.807) is 35.7 Å². The molecule has 0 spiro atoms. The number of carbonyl (C=O) groups is 2. The van der Waals surface area contributed by atoms with Gasteiger partial charge in [-0.25, -0.2) is 4.79 Å². The summed E-state index contributed by atoms with van der Waals surface area (Å²) in [7, 11) is 0. The van der Waals surface area contributed by atoms with Crippen molar-refractivity contribution in [1.82, 2.24) is 0 Å². The maximum Gasteiger partial charge on any atom is 0.393 e. The highest BCUT2D eigenvalue weighted by Crippen LogP contribution is 2.28. The van der Waals surface area contributed by atoms with Crippen LogP contribution in [0.4, 0.5) is 4.79 Å². The van der Waals surface area contributed by atoms with Gasteiger partial charge in [0.2, 0.25) is 5.78 Å². The highest BCUT2D eigenvalue weighted by atomic mass is 35.5. The third-order valence-corrected chi connectivity index (χ3v) is 7.15. The van der Waals surface area contributed by atoms with Gasteiger partial charge in [0.25, 0.3) is 0 Å². The second-order valence-electron chi connectivity index (χ2n) is 6.63.